The third-order valence-electron chi connectivity index (χ3n) is 3.41. The molecule has 1 unspecified atom stereocenters. The van der Waals surface area contributed by atoms with Gasteiger partial charge >= 0.3 is 0 Å². The number of carbonyl (C=O) groups is 1. The maximum atomic E-state index is 12.0. The molecule has 116 valence electrons. The first-order valence-electron chi connectivity index (χ1n) is 6.85. The van der Waals surface area contributed by atoms with Crippen molar-refractivity contribution in [3.05, 3.63) is 5.82 Å². The minimum absolute atomic E-state index is 0.0274. The van der Waals surface area contributed by atoms with Crippen LogP contribution in [0, 0.1) is 17.2 Å². The maximum Gasteiger partial charge on any atom is 0.231 e. The normalized spacial score (nSPS) is 13.8. The molecular formula is C13H22N6OS. The summed E-state index contributed by atoms with van der Waals surface area (Å²) in [5, 5.41) is 20.6. The Labute approximate surface area is 129 Å². The highest BCUT2D eigenvalue weighted by Gasteiger charge is 2.30. The van der Waals surface area contributed by atoms with Crippen LogP contribution in [0.4, 0.5) is 0 Å². The van der Waals surface area contributed by atoms with Crippen LogP contribution in [0.3, 0.4) is 0 Å². The SMILES string of the molecule is CCn1c(CN)nnc1SCC(=O)NC(C)(C#N)C(C)C. The van der Waals surface area contributed by atoms with Crippen molar-refractivity contribution in [2.24, 2.45) is 11.7 Å². The monoisotopic (exact) mass is 310 g/mol. The van der Waals surface area contributed by atoms with Crippen molar-refractivity contribution in [2.45, 2.75) is 51.5 Å². The topological polar surface area (TPSA) is 110 Å². The van der Waals surface area contributed by atoms with Crippen molar-refractivity contribution in [1.82, 2.24) is 20.1 Å². The number of nitrogens with one attached hydrogen (secondary N) is 1. The summed E-state index contributed by atoms with van der Waals surface area (Å²) in [7, 11) is 0. The molecule has 1 rings (SSSR count). The highest BCUT2D eigenvalue weighted by Crippen LogP contribution is 2.19. The number of hydrogen-bond acceptors (Lipinski definition) is 6. The molecule has 0 bridgehead atoms. The summed E-state index contributed by atoms with van der Waals surface area (Å²) >= 11 is 1.29. The van der Waals surface area contributed by atoms with E-state index in [0.29, 0.717) is 24.1 Å². The standard InChI is InChI=1S/C13H22N6OS/c1-5-19-10(6-14)17-18-12(19)21-7-11(20)16-13(4,8-15)9(2)3/h9H,5-7,14H2,1-4H3,(H,16,20). The van der Waals surface area contributed by atoms with E-state index in [-0.39, 0.29) is 17.6 Å². The van der Waals surface area contributed by atoms with Gasteiger partial charge in [0, 0.05) is 6.54 Å². The fraction of sp³-hybridized carbons (Fsp3) is 0.692. The van der Waals surface area contributed by atoms with Crippen LogP contribution in [0.5, 0.6) is 0 Å². The molecule has 1 aromatic heterocycles. The van der Waals surface area contributed by atoms with Crippen molar-refractivity contribution in [2.75, 3.05) is 5.75 Å². The van der Waals surface area contributed by atoms with E-state index in [1.807, 2.05) is 25.3 Å². The zero-order chi connectivity index (χ0) is 16.0. The molecule has 21 heavy (non-hydrogen) atoms. The second kappa shape index (κ2) is 7.43. The van der Waals surface area contributed by atoms with E-state index in [4.69, 9.17) is 5.73 Å². The first-order chi connectivity index (χ1) is 9.87. The number of nitriles is 1. The van der Waals surface area contributed by atoms with Gasteiger partial charge in [0.2, 0.25) is 5.91 Å². The molecular weight excluding hydrogens is 288 g/mol. The lowest BCUT2D eigenvalue weighted by Crippen LogP contribution is -2.49. The summed E-state index contributed by atoms with van der Waals surface area (Å²) in [6.45, 7) is 8.51. The van der Waals surface area contributed by atoms with Gasteiger partial charge in [0.25, 0.3) is 0 Å². The molecule has 1 heterocycles. The zero-order valence-electron chi connectivity index (χ0n) is 12.9. The van der Waals surface area contributed by atoms with E-state index < -0.39 is 5.54 Å². The summed E-state index contributed by atoms with van der Waals surface area (Å²) in [6.07, 6.45) is 0. The Balaban J connectivity index is 2.66. The fourth-order valence-corrected chi connectivity index (χ4v) is 2.47. The Bertz CT molecular complexity index is 535. The minimum Gasteiger partial charge on any atom is -0.337 e. The molecule has 0 radical (unpaired) electrons. The molecule has 0 fully saturated rings. The molecule has 3 N–H and O–H groups in total. The number of carbonyl (C=O) groups excluding carboxylic acids is 1. The van der Waals surface area contributed by atoms with Crippen LogP contribution in [0.1, 0.15) is 33.5 Å². The van der Waals surface area contributed by atoms with Gasteiger partial charge in [-0.2, -0.15) is 5.26 Å². The van der Waals surface area contributed by atoms with Gasteiger partial charge < -0.3 is 15.6 Å². The van der Waals surface area contributed by atoms with E-state index in [1.165, 1.54) is 11.8 Å². The largest absolute Gasteiger partial charge is 0.337 e. The maximum absolute atomic E-state index is 12.0. The lowest BCUT2D eigenvalue weighted by Gasteiger charge is -2.27. The van der Waals surface area contributed by atoms with E-state index in [9.17, 15) is 10.1 Å². The molecule has 7 nitrogen and oxygen atoms in total. The van der Waals surface area contributed by atoms with E-state index in [0.717, 1.165) is 0 Å². The van der Waals surface area contributed by atoms with Gasteiger partial charge in [-0.05, 0) is 19.8 Å². The van der Waals surface area contributed by atoms with Crippen molar-refractivity contribution in [3.8, 4) is 6.07 Å². The fourth-order valence-electron chi connectivity index (χ4n) is 1.65. The van der Waals surface area contributed by atoms with E-state index >= 15 is 0 Å². The molecule has 0 aliphatic rings. The number of nitrogens with zero attached hydrogens (tertiary/aromatic N) is 4. The number of amides is 1. The van der Waals surface area contributed by atoms with Gasteiger partial charge in [-0.3, -0.25) is 4.79 Å². The van der Waals surface area contributed by atoms with Crippen molar-refractivity contribution < 1.29 is 4.79 Å². The Morgan fingerprint density at radius 2 is 2.24 bits per heavy atom. The van der Waals surface area contributed by atoms with Gasteiger partial charge in [0.1, 0.15) is 11.4 Å². The summed E-state index contributed by atoms with van der Waals surface area (Å²) in [4.78, 5) is 12.0. The van der Waals surface area contributed by atoms with Crippen molar-refractivity contribution in [1.29, 1.82) is 5.26 Å². The Hall–Kier alpha value is -1.59. The first-order valence-corrected chi connectivity index (χ1v) is 7.83. The average Bonchev–Trinajstić information content (AvgIpc) is 2.86. The van der Waals surface area contributed by atoms with Crippen molar-refractivity contribution >= 4 is 17.7 Å². The number of hydrogen-bond donors (Lipinski definition) is 2. The van der Waals surface area contributed by atoms with Crippen molar-refractivity contribution in [3.63, 3.8) is 0 Å². The smallest absolute Gasteiger partial charge is 0.231 e. The molecule has 8 heteroatoms. The molecule has 1 amide bonds. The quantitative estimate of drug-likeness (QED) is 0.724. The number of aromatic nitrogens is 3. The Kier molecular flexibility index (Phi) is 6.18. The molecule has 0 saturated heterocycles. The molecule has 0 spiro atoms. The first kappa shape index (κ1) is 17.5. The van der Waals surface area contributed by atoms with Crippen LogP contribution >= 0.6 is 11.8 Å². The molecule has 1 atom stereocenters. The molecule has 0 aliphatic heterocycles. The van der Waals surface area contributed by atoms with Gasteiger partial charge in [0.15, 0.2) is 5.16 Å². The van der Waals surface area contributed by atoms with Gasteiger partial charge in [-0.15, -0.1) is 10.2 Å². The third kappa shape index (κ3) is 4.19. The van der Waals surface area contributed by atoms with Crippen LogP contribution in [0.25, 0.3) is 0 Å². The van der Waals surface area contributed by atoms with Crippen LogP contribution in [0.15, 0.2) is 5.16 Å². The van der Waals surface area contributed by atoms with Gasteiger partial charge in [0.05, 0.1) is 18.4 Å². The van der Waals surface area contributed by atoms with Crippen LogP contribution in [0.2, 0.25) is 0 Å². The lowest BCUT2D eigenvalue weighted by molar-refractivity contribution is -0.120. The second-order valence-electron chi connectivity index (χ2n) is 5.15. The van der Waals surface area contributed by atoms with Gasteiger partial charge in [-0.25, -0.2) is 0 Å². The molecule has 0 saturated carbocycles. The molecule has 0 aromatic carbocycles. The van der Waals surface area contributed by atoms with Gasteiger partial charge in [-0.1, -0.05) is 25.6 Å². The number of rotatable bonds is 7. The zero-order valence-corrected chi connectivity index (χ0v) is 13.7. The van der Waals surface area contributed by atoms with Crippen LogP contribution < -0.4 is 11.1 Å². The summed E-state index contributed by atoms with van der Waals surface area (Å²) in [5.41, 5.74) is 4.72. The number of thioether (sulfide) groups is 1. The predicted molar refractivity (Wildman–Crippen MR) is 81.3 cm³/mol. The third-order valence-corrected chi connectivity index (χ3v) is 4.38. The summed E-state index contributed by atoms with van der Waals surface area (Å²) < 4.78 is 1.88. The molecule has 1 aromatic rings. The average molecular weight is 310 g/mol. The van der Waals surface area contributed by atoms with E-state index in [2.05, 4.69) is 21.6 Å². The Morgan fingerprint density at radius 3 is 2.71 bits per heavy atom. The van der Waals surface area contributed by atoms with E-state index in [1.54, 1.807) is 6.92 Å². The summed E-state index contributed by atoms with van der Waals surface area (Å²) in [6, 6.07) is 2.15. The van der Waals surface area contributed by atoms with Crippen LogP contribution in [-0.2, 0) is 17.9 Å². The predicted octanol–water partition coefficient (Wildman–Crippen LogP) is 0.903. The van der Waals surface area contributed by atoms with Crippen LogP contribution in [-0.4, -0.2) is 32.0 Å². The highest BCUT2D eigenvalue weighted by atomic mass is 32.2. The summed E-state index contributed by atoms with van der Waals surface area (Å²) in [5.74, 6) is 0.717. The minimum atomic E-state index is -0.863. The molecule has 0 aliphatic carbocycles. The Morgan fingerprint density at radius 1 is 1.57 bits per heavy atom. The number of nitrogens with two attached hydrogens (primary N) is 1. The highest BCUT2D eigenvalue weighted by molar-refractivity contribution is 7.99. The lowest BCUT2D eigenvalue weighted by atomic mass is 9.90. The second-order valence-corrected chi connectivity index (χ2v) is 6.10.